The molecule has 0 aromatic heterocycles. The van der Waals surface area contributed by atoms with E-state index in [1.807, 2.05) is 30.3 Å². The second kappa shape index (κ2) is 5.62. The lowest BCUT2D eigenvalue weighted by Crippen LogP contribution is -2.27. The van der Waals surface area contributed by atoms with Crippen molar-refractivity contribution in [3.05, 3.63) is 65.7 Å². The van der Waals surface area contributed by atoms with Gasteiger partial charge in [0, 0.05) is 12.1 Å². The highest BCUT2D eigenvalue weighted by molar-refractivity contribution is 7.91. The number of sulfone groups is 1. The first-order valence-electron chi connectivity index (χ1n) is 7.24. The van der Waals surface area contributed by atoms with Crippen LogP contribution in [-0.4, -0.2) is 14.2 Å². The van der Waals surface area contributed by atoms with Gasteiger partial charge in [-0.25, -0.2) is 8.42 Å². The average Bonchev–Trinajstić information content (AvgIpc) is 2.77. The molecule has 2 unspecified atom stereocenters. The molecule has 3 rings (SSSR count). The molecule has 2 aromatic rings. The first-order chi connectivity index (χ1) is 10.1. The third-order valence-electron chi connectivity index (χ3n) is 4.03. The van der Waals surface area contributed by atoms with E-state index in [0.29, 0.717) is 4.90 Å². The first kappa shape index (κ1) is 14.3. The Balaban J connectivity index is 1.89. The summed E-state index contributed by atoms with van der Waals surface area (Å²) in [6, 6.07) is 17.5. The molecule has 4 heteroatoms. The topological polar surface area (TPSA) is 46.2 Å². The van der Waals surface area contributed by atoms with E-state index >= 15 is 0 Å². The van der Waals surface area contributed by atoms with E-state index in [2.05, 4.69) is 24.4 Å². The summed E-state index contributed by atoms with van der Waals surface area (Å²) in [7, 11) is -3.15. The van der Waals surface area contributed by atoms with Gasteiger partial charge in [0.05, 0.1) is 10.6 Å². The standard InChI is InChI=1S/C17H19NO2S/c1-2-15(13-8-4-3-5-9-13)18-16-12-21(19,20)17-11-7-6-10-14(16)17/h3-11,15-16,18H,2,12H2,1H3. The van der Waals surface area contributed by atoms with Crippen molar-refractivity contribution in [3.63, 3.8) is 0 Å². The maximum Gasteiger partial charge on any atom is 0.180 e. The number of hydrogen-bond donors (Lipinski definition) is 1. The monoisotopic (exact) mass is 301 g/mol. The predicted molar refractivity (Wildman–Crippen MR) is 83.8 cm³/mol. The van der Waals surface area contributed by atoms with Gasteiger partial charge in [0.15, 0.2) is 9.84 Å². The third kappa shape index (κ3) is 2.74. The number of fused-ring (bicyclic) bond motifs is 1. The van der Waals surface area contributed by atoms with Crippen molar-refractivity contribution in [3.8, 4) is 0 Å². The number of rotatable bonds is 4. The van der Waals surface area contributed by atoms with Gasteiger partial charge in [-0.3, -0.25) is 0 Å². The van der Waals surface area contributed by atoms with Crippen LogP contribution in [0.3, 0.4) is 0 Å². The molecule has 1 aliphatic rings. The Bertz CT molecular complexity index is 725. The van der Waals surface area contributed by atoms with Crippen LogP contribution >= 0.6 is 0 Å². The van der Waals surface area contributed by atoms with Gasteiger partial charge in [-0.15, -0.1) is 0 Å². The van der Waals surface area contributed by atoms with Crippen molar-refractivity contribution in [2.45, 2.75) is 30.3 Å². The molecule has 21 heavy (non-hydrogen) atoms. The second-order valence-corrected chi connectivity index (χ2v) is 7.41. The van der Waals surface area contributed by atoms with E-state index in [-0.39, 0.29) is 17.8 Å². The Kier molecular flexibility index (Phi) is 3.83. The van der Waals surface area contributed by atoms with Crippen LogP contribution in [0, 0.1) is 0 Å². The van der Waals surface area contributed by atoms with Gasteiger partial charge in [-0.2, -0.15) is 0 Å². The zero-order valence-electron chi connectivity index (χ0n) is 12.0. The highest BCUT2D eigenvalue weighted by Crippen LogP contribution is 2.35. The quantitative estimate of drug-likeness (QED) is 0.943. The Labute approximate surface area is 125 Å². The second-order valence-electron chi connectivity index (χ2n) is 5.41. The molecule has 0 saturated carbocycles. The van der Waals surface area contributed by atoms with E-state index in [1.165, 1.54) is 5.56 Å². The molecule has 110 valence electrons. The van der Waals surface area contributed by atoms with Crippen LogP contribution in [-0.2, 0) is 9.84 Å². The summed E-state index contributed by atoms with van der Waals surface area (Å²) in [5.74, 6) is 0.148. The van der Waals surface area contributed by atoms with Crippen molar-refractivity contribution < 1.29 is 8.42 Å². The molecule has 0 amide bonds. The lowest BCUT2D eigenvalue weighted by Gasteiger charge is -2.22. The zero-order chi connectivity index (χ0) is 14.9. The van der Waals surface area contributed by atoms with Gasteiger partial charge in [-0.1, -0.05) is 55.5 Å². The van der Waals surface area contributed by atoms with Crippen molar-refractivity contribution in [1.29, 1.82) is 0 Å². The summed E-state index contributed by atoms with van der Waals surface area (Å²) < 4.78 is 24.5. The van der Waals surface area contributed by atoms with Crippen LogP contribution in [0.25, 0.3) is 0 Å². The summed E-state index contributed by atoms with van der Waals surface area (Å²) >= 11 is 0. The van der Waals surface area contributed by atoms with E-state index < -0.39 is 9.84 Å². The largest absolute Gasteiger partial charge is 0.302 e. The summed E-state index contributed by atoms with van der Waals surface area (Å²) in [6.45, 7) is 2.11. The minimum atomic E-state index is -3.15. The lowest BCUT2D eigenvalue weighted by molar-refractivity contribution is 0.459. The molecule has 2 aromatic carbocycles. The van der Waals surface area contributed by atoms with E-state index in [1.54, 1.807) is 12.1 Å². The summed E-state index contributed by atoms with van der Waals surface area (Å²) in [5, 5.41) is 3.51. The Hall–Kier alpha value is -1.65. The molecule has 1 heterocycles. The highest BCUT2D eigenvalue weighted by atomic mass is 32.2. The molecular formula is C17H19NO2S. The zero-order valence-corrected chi connectivity index (χ0v) is 12.8. The van der Waals surface area contributed by atoms with E-state index in [4.69, 9.17) is 0 Å². The molecule has 0 fully saturated rings. The fraction of sp³-hybridized carbons (Fsp3) is 0.294. The van der Waals surface area contributed by atoms with E-state index in [9.17, 15) is 8.42 Å². The molecule has 1 N–H and O–H groups in total. The first-order valence-corrected chi connectivity index (χ1v) is 8.89. The Morgan fingerprint density at radius 3 is 2.48 bits per heavy atom. The van der Waals surface area contributed by atoms with Gasteiger partial charge in [0.25, 0.3) is 0 Å². The minimum absolute atomic E-state index is 0.128. The van der Waals surface area contributed by atoms with E-state index in [0.717, 1.165) is 12.0 Å². The van der Waals surface area contributed by atoms with Crippen molar-refractivity contribution in [1.82, 2.24) is 5.32 Å². The average molecular weight is 301 g/mol. The van der Waals surface area contributed by atoms with Crippen LogP contribution < -0.4 is 5.32 Å². The van der Waals surface area contributed by atoms with Crippen molar-refractivity contribution in [2.24, 2.45) is 0 Å². The molecular weight excluding hydrogens is 282 g/mol. The third-order valence-corrected chi connectivity index (χ3v) is 5.84. The number of nitrogens with one attached hydrogen (secondary N) is 1. The number of benzene rings is 2. The van der Waals surface area contributed by atoms with Crippen LogP contribution in [0.2, 0.25) is 0 Å². The fourth-order valence-electron chi connectivity index (χ4n) is 2.97. The SMILES string of the molecule is CCC(NC1CS(=O)(=O)c2ccccc21)c1ccccc1. The van der Waals surface area contributed by atoms with Crippen LogP contribution in [0.5, 0.6) is 0 Å². The molecule has 0 radical (unpaired) electrons. The van der Waals surface area contributed by atoms with Gasteiger partial charge in [0.1, 0.15) is 0 Å². The molecule has 0 spiro atoms. The summed E-state index contributed by atoms with van der Waals surface area (Å²) in [4.78, 5) is 0.477. The summed E-state index contributed by atoms with van der Waals surface area (Å²) in [5.41, 5.74) is 2.09. The number of hydrogen-bond acceptors (Lipinski definition) is 3. The van der Waals surface area contributed by atoms with Gasteiger partial charge in [-0.05, 0) is 23.6 Å². The molecule has 2 atom stereocenters. The predicted octanol–water partition coefficient (Wildman–Crippen LogP) is 3.26. The van der Waals surface area contributed by atoms with Gasteiger partial charge >= 0.3 is 0 Å². The fourth-order valence-corrected chi connectivity index (χ4v) is 4.72. The van der Waals surface area contributed by atoms with Gasteiger partial charge < -0.3 is 5.32 Å². The molecule has 1 aliphatic heterocycles. The van der Waals surface area contributed by atoms with Crippen molar-refractivity contribution >= 4 is 9.84 Å². The van der Waals surface area contributed by atoms with Crippen LogP contribution in [0.15, 0.2) is 59.5 Å². The molecule has 0 saturated heterocycles. The highest BCUT2D eigenvalue weighted by Gasteiger charge is 2.35. The van der Waals surface area contributed by atoms with Gasteiger partial charge in [0.2, 0.25) is 0 Å². The normalized spacial score (nSPS) is 20.9. The minimum Gasteiger partial charge on any atom is -0.302 e. The Morgan fingerprint density at radius 2 is 1.76 bits per heavy atom. The maximum atomic E-state index is 12.2. The van der Waals surface area contributed by atoms with Crippen LogP contribution in [0.4, 0.5) is 0 Å². The lowest BCUT2D eigenvalue weighted by atomic mass is 10.0. The van der Waals surface area contributed by atoms with Crippen LogP contribution in [0.1, 0.15) is 36.6 Å². The molecule has 0 aliphatic carbocycles. The Morgan fingerprint density at radius 1 is 1.10 bits per heavy atom. The molecule has 0 bridgehead atoms. The van der Waals surface area contributed by atoms with Crippen molar-refractivity contribution in [2.75, 3.05) is 5.75 Å². The smallest absolute Gasteiger partial charge is 0.180 e. The maximum absolute atomic E-state index is 12.2. The summed E-state index contributed by atoms with van der Waals surface area (Å²) in [6.07, 6.45) is 0.919. The molecule has 3 nitrogen and oxygen atoms in total.